The SMILES string of the molecule is COc1ccccc1C1CC(=O)Nc2c1ccc1c(O)cccc21. The molecule has 0 aliphatic carbocycles. The highest BCUT2D eigenvalue weighted by Crippen LogP contribution is 2.44. The first-order valence-corrected chi connectivity index (χ1v) is 7.86. The van der Waals surface area contributed by atoms with Crippen molar-refractivity contribution in [1.29, 1.82) is 0 Å². The summed E-state index contributed by atoms with van der Waals surface area (Å²) in [6, 6.07) is 17.0. The van der Waals surface area contributed by atoms with E-state index in [1.165, 1.54) is 0 Å². The highest BCUT2D eigenvalue weighted by Gasteiger charge is 2.29. The molecule has 1 heterocycles. The number of nitrogens with one attached hydrogen (secondary N) is 1. The second kappa shape index (κ2) is 5.57. The average molecular weight is 319 g/mol. The van der Waals surface area contributed by atoms with Crippen molar-refractivity contribution in [2.24, 2.45) is 0 Å². The topological polar surface area (TPSA) is 58.6 Å². The molecule has 0 radical (unpaired) electrons. The highest BCUT2D eigenvalue weighted by molar-refractivity contribution is 6.07. The number of phenolic OH excluding ortho intramolecular Hbond substituents is 1. The molecule has 4 heteroatoms. The minimum absolute atomic E-state index is 0.0331. The molecule has 1 aliphatic heterocycles. The summed E-state index contributed by atoms with van der Waals surface area (Å²) in [5.41, 5.74) is 2.81. The van der Waals surface area contributed by atoms with Crippen molar-refractivity contribution < 1.29 is 14.6 Å². The predicted molar refractivity (Wildman–Crippen MR) is 93.7 cm³/mol. The smallest absolute Gasteiger partial charge is 0.225 e. The molecule has 1 unspecified atom stereocenters. The predicted octanol–water partition coefficient (Wildman–Crippen LogP) is 4.03. The van der Waals surface area contributed by atoms with Crippen molar-refractivity contribution in [2.45, 2.75) is 12.3 Å². The van der Waals surface area contributed by atoms with Crippen molar-refractivity contribution in [3.8, 4) is 11.5 Å². The van der Waals surface area contributed by atoms with E-state index in [0.717, 1.165) is 33.3 Å². The summed E-state index contributed by atoms with van der Waals surface area (Å²) in [6.07, 6.45) is 0.373. The van der Waals surface area contributed by atoms with Crippen LogP contribution in [0.4, 0.5) is 5.69 Å². The van der Waals surface area contributed by atoms with Crippen molar-refractivity contribution in [3.63, 3.8) is 0 Å². The van der Waals surface area contributed by atoms with Crippen LogP contribution in [0.1, 0.15) is 23.5 Å². The lowest BCUT2D eigenvalue weighted by atomic mass is 9.83. The highest BCUT2D eigenvalue weighted by atomic mass is 16.5. The number of anilines is 1. The van der Waals surface area contributed by atoms with E-state index in [-0.39, 0.29) is 17.6 Å². The first-order valence-electron chi connectivity index (χ1n) is 7.86. The number of ether oxygens (including phenoxy) is 1. The van der Waals surface area contributed by atoms with Crippen LogP contribution in [-0.2, 0) is 4.79 Å². The molecule has 120 valence electrons. The van der Waals surface area contributed by atoms with Gasteiger partial charge in [-0.05, 0) is 17.7 Å². The maximum atomic E-state index is 12.3. The van der Waals surface area contributed by atoms with E-state index in [1.54, 1.807) is 19.2 Å². The molecule has 0 saturated carbocycles. The molecule has 24 heavy (non-hydrogen) atoms. The van der Waals surface area contributed by atoms with Crippen LogP contribution in [0.5, 0.6) is 11.5 Å². The van der Waals surface area contributed by atoms with Gasteiger partial charge in [-0.15, -0.1) is 0 Å². The molecule has 0 aromatic heterocycles. The van der Waals surface area contributed by atoms with E-state index < -0.39 is 0 Å². The van der Waals surface area contributed by atoms with Gasteiger partial charge in [0.2, 0.25) is 5.91 Å². The Kier molecular flexibility index (Phi) is 3.38. The number of rotatable bonds is 2. The van der Waals surface area contributed by atoms with Gasteiger partial charge in [-0.3, -0.25) is 4.79 Å². The lowest BCUT2D eigenvalue weighted by Crippen LogP contribution is -2.24. The van der Waals surface area contributed by atoms with E-state index >= 15 is 0 Å². The fourth-order valence-electron chi connectivity index (χ4n) is 3.51. The van der Waals surface area contributed by atoms with Crippen LogP contribution >= 0.6 is 0 Å². The molecule has 0 bridgehead atoms. The number of phenols is 1. The van der Waals surface area contributed by atoms with Crippen molar-refractivity contribution in [3.05, 3.63) is 65.7 Å². The Morgan fingerprint density at radius 3 is 2.67 bits per heavy atom. The standard InChI is InChI=1S/C20H17NO3/c1-24-18-8-3-2-5-13(18)16-11-19(23)21-20-14-6-4-7-17(22)12(14)9-10-15(16)20/h2-10,16,22H,11H2,1H3,(H,21,23). The van der Waals surface area contributed by atoms with Gasteiger partial charge in [0.15, 0.2) is 0 Å². The molecule has 1 amide bonds. The van der Waals surface area contributed by atoms with Gasteiger partial charge in [0.05, 0.1) is 12.8 Å². The second-order valence-electron chi connectivity index (χ2n) is 5.95. The number of hydrogen-bond acceptors (Lipinski definition) is 3. The van der Waals surface area contributed by atoms with Crippen molar-refractivity contribution in [1.82, 2.24) is 0 Å². The minimum atomic E-state index is -0.0725. The van der Waals surface area contributed by atoms with Crippen LogP contribution in [0.3, 0.4) is 0 Å². The van der Waals surface area contributed by atoms with Crippen LogP contribution in [0.15, 0.2) is 54.6 Å². The van der Waals surface area contributed by atoms with Gasteiger partial charge in [0.1, 0.15) is 11.5 Å². The monoisotopic (exact) mass is 319 g/mol. The summed E-state index contributed by atoms with van der Waals surface area (Å²) in [4.78, 5) is 12.3. The molecule has 4 rings (SSSR count). The Bertz CT molecular complexity index is 949. The summed E-state index contributed by atoms with van der Waals surface area (Å²) >= 11 is 0. The molecule has 0 fully saturated rings. The number of amides is 1. The summed E-state index contributed by atoms with van der Waals surface area (Å²) in [7, 11) is 1.64. The fraction of sp³-hybridized carbons (Fsp3) is 0.150. The zero-order chi connectivity index (χ0) is 16.7. The van der Waals surface area contributed by atoms with E-state index in [0.29, 0.717) is 6.42 Å². The lowest BCUT2D eigenvalue weighted by Gasteiger charge is -2.28. The molecular weight excluding hydrogens is 302 g/mol. The summed E-state index contributed by atoms with van der Waals surface area (Å²) in [5, 5.41) is 14.6. The van der Waals surface area contributed by atoms with Gasteiger partial charge in [0, 0.05) is 28.7 Å². The average Bonchev–Trinajstić information content (AvgIpc) is 2.61. The third-order valence-corrected chi connectivity index (χ3v) is 4.61. The number of carbonyl (C=O) groups excluding carboxylic acids is 1. The molecule has 3 aromatic rings. The largest absolute Gasteiger partial charge is 0.507 e. The summed E-state index contributed by atoms with van der Waals surface area (Å²) in [6.45, 7) is 0. The molecule has 2 N–H and O–H groups in total. The molecule has 4 nitrogen and oxygen atoms in total. The Balaban J connectivity index is 1.97. The van der Waals surface area contributed by atoms with Gasteiger partial charge in [-0.2, -0.15) is 0 Å². The maximum absolute atomic E-state index is 12.3. The molecule has 1 atom stereocenters. The summed E-state index contributed by atoms with van der Waals surface area (Å²) in [5.74, 6) is 0.883. The Morgan fingerprint density at radius 2 is 1.83 bits per heavy atom. The van der Waals surface area contributed by atoms with Gasteiger partial charge in [-0.1, -0.05) is 42.5 Å². The van der Waals surface area contributed by atoms with Gasteiger partial charge < -0.3 is 15.2 Å². The lowest BCUT2D eigenvalue weighted by molar-refractivity contribution is -0.116. The van der Waals surface area contributed by atoms with E-state index in [1.807, 2.05) is 42.5 Å². The first-order chi connectivity index (χ1) is 11.7. The van der Waals surface area contributed by atoms with Gasteiger partial charge in [-0.25, -0.2) is 0 Å². The first kappa shape index (κ1) is 14.6. The fourth-order valence-corrected chi connectivity index (χ4v) is 3.51. The van der Waals surface area contributed by atoms with Gasteiger partial charge in [0.25, 0.3) is 0 Å². The number of para-hydroxylation sites is 1. The maximum Gasteiger partial charge on any atom is 0.225 e. The van der Waals surface area contributed by atoms with Crippen LogP contribution in [0, 0.1) is 0 Å². The Morgan fingerprint density at radius 1 is 1.00 bits per heavy atom. The molecular formula is C20H17NO3. The third-order valence-electron chi connectivity index (χ3n) is 4.61. The molecule has 0 saturated heterocycles. The summed E-state index contributed by atoms with van der Waals surface area (Å²) < 4.78 is 5.48. The number of aromatic hydroxyl groups is 1. The van der Waals surface area contributed by atoms with Crippen LogP contribution in [-0.4, -0.2) is 18.1 Å². The van der Waals surface area contributed by atoms with Crippen LogP contribution in [0.25, 0.3) is 10.8 Å². The van der Waals surface area contributed by atoms with Crippen LogP contribution in [0.2, 0.25) is 0 Å². The number of methoxy groups -OCH3 is 1. The van der Waals surface area contributed by atoms with E-state index in [2.05, 4.69) is 5.32 Å². The molecule has 1 aliphatic rings. The molecule has 3 aromatic carbocycles. The van der Waals surface area contributed by atoms with E-state index in [4.69, 9.17) is 4.74 Å². The van der Waals surface area contributed by atoms with Crippen molar-refractivity contribution >= 4 is 22.4 Å². The minimum Gasteiger partial charge on any atom is -0.507 e. The zero-order valence-corrected chi connectivity index (χ0v) is 13.2. The number of carbonyl (C=O) groups is 1. The number of hydrogen-bond donors (Lipinski definition) is 2. The van der Waals surface area contributed by atoms with Crippen molar-refractivity contribution in [2.75, 3.05) is 12.4 Å². The Hall–Kier alpha value is -3.01. The van der Waals surface area contributed by atoms with E-state index in [9.17, 15) is 9.90 Å². The molecule has 0 spiro atoms. The number of benzene rings is 3. The zero-order valence-electron chi connectivity index (χ0n) is 13.2. The number of fused-ring (bicyclic) bond motifs is 3. The Labute approximate surface area is 139 Å². The third kappa shape index (κ3) is 2.19. The van der Waals surface area contributed by atoms with Gasteiger partial charge >= 0.3 is 0 Å². The normalized spacial score (nSPS) is 16.5. The van der Waals surface area contributed by atoms with Crippen LogP contribution < -0.4 is 10.1 Å². The second-order valence-corrected chi connectivity index (χ2v) is 5.95. The quantitative estimate of drug-likeness (QED) is 0.750.